The molecule has 0 spiro atoms. The summed E-state index contributed by atoms with van der Waals surface area (Å²) in [4.78, 5) is 17.3. The number of rotatable bonds is 5. The largest absolute Gasteiger partial charge is 3.00 e. The fraction of sp³-hybridized carbons (Fsp3) is 0.0256. The number of hydrogen-bond donors (Lipinski definition) is 0. The van der Waals surface area contributed by atoms with Crippen molar-refractivity contribution in [2.24, 2.45) is 9.98 Å². The number of pyridine rings is 2. The van der Waals surface area contributed by atoms with Gasteiger partial charge in [-0.2, -0.15) is 0 Å². The van der Waals surface area contributed by atoms with Crippen LogP contribution in [0.1, 0.15) is 16.7 Å². The third-order valence-electron chi connectivity index (χ3n) is 7.16. The van der Waals surface area contributed by atoms with Crippen molar-refractivity contribution in [3.63, 3.8) is 0 Å². The Morgan fingerprint density at radius 2 is 1.02 bits per heavy atom. The molecule has 0 unspecified atom stereocenters. The predicted molar refractivity (Wildman–Crippen MR) is 222 cm³/mol. The number of nitrogens with zero attached hydrogens (tertiary/aromatic N) is 4. The predicted octanol–water partition coefficient (Wildman–Crippen LogP) is 6.57. The third-order valence-corrected chi connectivity index (χ3v) is 9.35. The Morgan fingerprint density at radius 1 is 0.611 bits per heavy atom. The molecular weight excluding hydrogens is 978 g/mol. The van der Waals surface area contributed by atoms with Crippen LogP contribution in [-0.4, -0.2) is 46.3 Å². The molecule has 277 valence electrons. The van der Waals surface area contributed by atoms with Crippen LogP contribution in [-0.2, 0) is 27.2 Å². The average molecular weight is 1010 g/mol. The van der Waals surface area contributed by atoms with E-state index in [0.717, 1.165) is 45.9 Å². The number of benzene rings is 5. The fourth-order valence-electron chi connectivity index (χ4n) is 4.61. The minimum Gasteiger partial charge on any atom is -0.872 e. The normalized spacial score (nSPS) is 10.7. The molecule has 0 amide bonds. The van der Waals surface area contributed by atoms with E-state index in [1.807, 2.05) is 79.7 Å². The minimum atomic E-state index is -4.27. The van der Waals surface area contributed by atoms with Gasteiger partial charge in [0, 0.05) is 42.7 Å². The fourth-order valence-corrected chi connectivity index (χ4v) is 6.11. The second-order valence-corrected chi connectivity index (χ2v) is 14.7. The Balaban J connectivity index is 0.000000284. The standard InChI is InChI=1S/2C16H11IN2O.C7H8O3S.Fe.2H2O/c2*17-13-6-7-15(20)12(9-13)10-19-14-5-1-3-11-4-2-8-18-16(11)14;1-6-2-4-7(5-3-6)11(8,9)10;;;/h2*1-10,20H;2-5H,1H3,(H,8,9,10);;2*1H2/q;;;+3;;/p-3. The second kappa shape index (κ2) is 21.5. The number of para-hydroxylation sites is 2. The molecule has 7 rings (SSSR count). The van der Waals surface area contributed by atoms with Crippen LogP contribution in [0.15, 0.2) is 149 Å². The van der Waals surface area contributed by atoms with Crippen LogP contribution in [0.25, 0.3) is 21.8 Å². The van der Waals surface area contributed by atoms with Crippen LogP contribution in [0.2, 0.25) is 0 Å². The first kappa shape index (κ1) is 45.8. The summed E-state index contributed by atoms with van der Waals surface area (Å²) in [5, 5.41) is 25.6. The van der Waals surface area contributed by atoms with E-state index in [-0.39, 0.29) is 44.4 Å². The summed E-state index contributed by atoms with van der Waals surface area (Å²) in [5.41, 5.74) is 5.31. The number of aromatic nitrogens is 2. The van der Waals surface area contributed by atoms with Crippen molar-refractivity contribution < 1.29 is 51.2 Å². The Labute approximate surface area is 350 Å². The molecule has 0 aliphatic carbocycles. The molecule has 0 fully saturated rings. The summed E-state index contributed by atoms with van der Waals surface area (Å²) in [7, 11) is -4.27. The van der Waals surface area contributed by atoms with Gasteiger partial charge in [0.2, 0.25) is 0 Å². The first-order valence-corrected chi connectivity index (χ1v) is 18.8. The van der Waals surface area contributed by atoms with Gasteiger partial charge in [0.05, 0.1) is 27.3 Å². The van der Waals surface area contributed by atoms with Gasteiger partial charge in [-0.25, -0.2) is 8.42 Å². The van der Waals surface area contributed by atoms with Crippen molar-refractivity contribution >= 4 is 101 Å². The van der Waals surface area contributed by atoms with Gasteiger partial charge in [-0.05, 0) is 124 Å². The van der Waals surface area contributed by atoms with Gasteiger partial charge in [0.15, 0.2) is 0 Å². The molecule has 7 aromatic rings. The summed E-state index contributed by atoms with van der Waals surface area (Å²) in [5.74, 6) is -0.0512. The van der Waals surface area contributed by atoms with Gasteiger partial charge >= 0.3 is 17.1 Å². The Bertz CT molecular complexity index is 2340. The second-order valence-electron chi connectivity index (χ2n) is 10.9. The zero-order valence-electron chi connectivity index (χ0n) is 28.2. The molecule has 2 aromatic heterocycles. The van der Waals surface area contributed by atoms with Crippen molar-refractivity contribution in [1.29, 1.82) is 0 Å². The van der Waals surface area contributed by atoms with Crippen LogP contribution >= 0.6 is 45.2 Å². The molecule has 1 radical (unpaired) electrons. The summed E-state index contributed by atoms with van der Waals surface area (Å²) in [6.45, 7) is 1.82. The average Bonchev–Trinajstić information content (AvgIpc) is 3.12. The molecule has 2 heterocycles. The molecule has 54 heavy (non-hydrogen) atoms. The molecule has 0 atom stereocenters. The molecule has 0 saturated carbocycles. The first-order chi connectivity index (χ1) is 24.5. The van der Waals surface area contributed by atoms with Crippen molar-refractivity contribution in [3.05, 3.63) is 158 Å². The third kappa shape index (κ3) is 12.9. The molecule has 0 saturated heterocycles. The van der Waals surface area contributed by atoms with Gasteiger partial charge in [0.25, 0.3) is 0 Å². The van der Waals surface area contributed by atoms with E-state index in [1.54, 1.807) is 61.2 Å². The van der Waals surface area contributed by atoms with Crippen molar-refractivity contribution in [2.45, 2.75) is 11.8 Å². The Kier molecular flexibility index (Phi) is 18.3. The summed E-state index contributed by atoms with van der Waals surface area (Å²) in [6.07, 6.45) is 6.69. The van der Waals surface area contributed by atoms with E-state index in [4.69, 9.17) is 0 Å². The number of aliphatic imine (C=N–C) groups is 2. The molecule has 15 heteroatoms. The zero-order chi connectivity index (χ0) is 36.4. The molecule has 0 bridgehead atoms. The number of hydrogen-bond acceptors (Lipinski definition) is 9. The van der Waals surface area contributed by atoms with Gasteiger partial charge in [-0.15, -0.1) is 0 Å². The number of fused-ring (bicyclic) bond motifs is 2. The zero-order valence-corrected chi connectivity index (χ0v) is 34.4. The van der Waals surface area contributed by atoms with Crippen molar-refractivity contribution in [3.8, 4) is 11.5 Å². The molecule has 0 aliphatic heterocycles. The maximum atomic E-state index is 11.7. The van der Waals surface area contributed by atoms with E-state index < -0.39 is 10.1 Å². The van der Waals surface area contributed by atoms with Crippen LogP contribution in [0.3, 0.4) is 0 Å². The summed E-state index contributed by atoms with van der Waals surface area (Å²) < 4.78 is 33.2. The van der Waals surface area contributed by atoms with E-state index in [9.17, 15) is 23.2 Å². The first-order valence-electron chi connectivity index (χ1n) is 15.2. The quantitative estimate of drug-likeness (QED) is 0.0799. The van der Waals surface area contributed by atoms with Crippen molar-refractivity contribution in [2.75, 3.05) is 0 Å². The van der Waals surface area contributed by atoms with Gasteiger partial charge in [0.1, 0.15) is 10.1 Å². The van der Waals surface area contributed by atoms with Crippen molar-refractivity contribution in [1.82, 2.24) is 9.97 Å². The molecule has 0 aliphatic rings. The summed E-state index contributed by atoms with van der Waals surface area (Å²) in [6, 6.07) is 35.5. The smallest absolute Gasteiger partial charge is 0.872 e. The van der Waals surface area contributed by atoms with Gasteiger partial charge < -0.3 is 25.7 Å². The minimum absolute atomic E-state index is 0. The van der Waals surface area contributed by atoms with E-state index >= 15 is 0 Å². The van der Waals surface area contributed by atoms with Crippen LogP contribution in [0.4, 0.5) is 11.4 Å². The Morgan fingerprint density at radius 3 is 1.43 bits per heavy atom. The molecule has 11 nitrogen and oxygen atoms in total. The van der Waals surface area contributed by atoms with Crippen LogP contribution in [0, 0.1) is 14.1 Å². The van der Waals surface area contributed by atoms with Crippen LogP contribution < -0.4 is 10.2 Å². The monoisotopic (exact) mass is 1010 g/mol. The molecular formula is C39H31FeI2N4O7S. The maximum Gasteiger partial charge on any atom is 3.00 e. The molecule has 4 N–H and O–H groups in total. The summed E-state index contributed by atoms with van der Waals surface area (Å²) >= 11 is 4.36. The Hall–Kier alpha value is -4.33. The number of halogens is 2. The number of aryl methyl sites for hydroxylation is 1. The van der Waals surface area contributed by atoms with E-state index in [0.29, 0.717) is 11.1 Å². The molecule has 5 aromatic carbocycles. The topological polar surface area (TPSA) is 217 Å². The van der Waals surface area contributed by atoms with E-state index in [2.05, 4.69) is 65.1 Å². The van der Waals surface area contributed by atoms with Crippen LogP contribution in [0.5, 0.6) is 11.5 Å². The van der Waals surface area contributed by atoms with Gasteiger partial charge in [-0.3, -0.25) is 20.0 Å². The maximum absolute atomic E-state index is 11.7. The SMILES string of the molecule is Cc1ccc(S(=O)(=O)[O-])cc1.O.O.[Fe+3].[O-]c1ccc(I)cc1C=Nc1cccc2cccnc12.[O-]c1ccc(I)cc1C=Nc1cccc2cccnc12. The van der Waals surface area contributed by atoms with Gasteiger partial charge in [-0.1, -0.05) is 77.7 Å². The van der Waals surface area contributed by atoms with E-state index in [1.165, 1.54) is 12.1 Å².